The minimum absolute atomic E-state index is 0.333. The molecule has 3 nitrogen and oxygen atoms in total. The Labute approximate surface area is 52.9 Å². The fourth-order valence-corrected chi connectivity index (χ4v) is 0.532. The van der Waals surface area contributed by atoms with Crippen molar-refractivity contribution in [1.29, 1.82) is 5.26 Å². The van der Waals surface area contributed by atoms with Gasteiger partial charge < -0.3 is 9.73 Å². The smallest absolute Gasteiger partial charge is 0.206 e. The van der Waals surface area contributed by atoms with Crippen LogP contribution in [0.2, 0.25) is 0 Å². The quantitative estimate of drug-likeness (QED) is 0.608. The lowest BCUT2D eigenvalue weighted by atomic mass is 10.5. The summed E-state index contributed by atoms with van der Waals surface area (Å²) in [4.78, 5) is 0. The van der Waals surface area contributed by atoms with Crippen molar-refractivity contribution >= 4 is 5.88 Å². The van der Waals surface area contributed by atoms with E-state index in [0.29, 0.717) is 11.6 Å². The maximum atomic E-state index is 8.27. The molecule has 0 aliphatic heterocycles. The zero-order chi connectivity index (χ0) is 6.69. The Kier molecular flexibility index (Phi) is 1.41. The van der Waals surface area contributed by atoms with Gasteiger partial charge in [-0.1, -0.05) is 0 Å². The number of rotatable bonds is 1. The van der Waals surface area contributed by atoms with Crippen LogP contribution in [0.15, 0.2) is 16.5 Å². The summed E-state index contributed by atoms with van der Waals surface area (Å²) in [6.07, 6.45) is 0. The lowest BCUT2D eigenvalue weighted by molar-refractivity contribution is 0.568. The molecule has 9 heavy (non-hydrogen) atoms. The van der Waals surface area contributed by atoms with Gasteiger partial charge in [-0.3, -0.25) is 0 Å². The van der Waals surface area contributed by atoms with Crippen molar-refractivity contribution in [1.82, 2.24) is 0 Å². The van der Waals surface area contributed by atoms with Crippen LogP contribution >= 0.6 is 0 Å². The minimum atomic E-state index is 0.333. The molecule has 1 N–H and O–H groups in total. The molecule has 0 aliphatic rings. The lowest BCUT2D eigenvalue weighted by Gasteiger charge is -1.86. The second-order valence-electron chi connectivity index (χ2n) is 1.53. The molecule has 1 rings (SSSR count). The van der Waals surface area contributed by atoms with E-state index < -0.39 is 0 Å². The molecule has 0 saturated heterocycles. The second-order valence-corrected chi connectivity index (χ2v) is 1.53. The first-order chi connectivity index (χ1) is 4.36. The standard InChI is InChI=1S/C6H6N2O/c1-8-6-3-2-5(4-7)9-6/h2-3,8H,1H3. The molecule has 0 aliphatic carbocycles. The van der Waals surface area contributed by atoms with Crippen molar-refractivity contribution in [2.75, 3.05) is 12.4 Å². The summed E-state index contributed by atoms with van der Waals surface area (Å²) >= 11 is 0. The summed E-state index contributed by atoms with van der Waals surface area (Å²) in [6.45, 7) is 0. The number of furan rings is 1. The fraction of sp³-hybridized carbons (Fsp3) is 0.167. The Morgan fingerprint density at radius 1 is 1.67 bits per heavy atom. The first kappa shape index (κ1) is 5.70. The zero-order valence-electron chi connectivity index (χ0n) is 5.01. The van der Waals surface area contributed by atoms with Crippen LogP contribution in [0.4, 0.5) is 5.88 Å². The van der Waals surface area contributed by atoms with E-state index in [1.165, 1.54) is 0 Å². The van der Waals surface area contributed by atoms with Crippen LogP contribution in [0.3, 0.4) is 0 Å². The number of hydrogen-bond donors (Lipinski definition) is 1. The van der Waals surface area contributed by atoms with Crippen molar-refractivity contribution in [3.63, 3.8) is 0 Å². The summed E-state index contributed by atoms with van der Waals surface area (Å²) in [7, 11) is 1.74. The molecule has 46 valence electrons. The first-order valence-electron chi connectivity index (χ1n) is 2.54. The van der Waals surface area contributed by atoms with E-state index in [4.69, 9.17) is 9.68 Å². The highest BCUT2D eigenvalue weighted by molar-refractivity contribution is 5.34. The number of nitrogens with one attached hydrogen (secondary N) is 1. The van der Waals surface area contributed by atoms with Crippen molar-refractivity contribution in [3.8, 4) is 6.07 Å². The Morgan fingerprint density at radius 3 is 2.78 bits per heavy atom. The fourth-order valence-electron chi connectivity index (χ4n) is 0.532. The van der Waals surface area contributed by atoms with Gasteiger partial charge in [-0.05, 0) is 6.07 Å². The highest BCUT2D eigenvalue weighted by Crippen LogP contribution is 2.10. The van der Waals surface area contributed by atoms with E-state index in [1.807, 2.05) is 6.07 Å². The Balaban J connectivity index is 2.90. The third-order valence-corrected chi connectivity index (χ3v) is 0.963. The maximum Gasteiger partial charge on any atom is 0.206 e. The Hall–Kier alpha value is -1.43. The third-order valence-electron chi connectivity index (χ3n) is 0.963. The van der Waals surface area contributed by atoms with Crippen molar-refractivity contribution in [2.45, 2.75) is 0 Å². The SMILES string of the molecule is CNc1ccc(C#N)o1. The normalized spacial score (nSPS) is 8.44. The molecule has 0 atom stereocenters. The van der Waals surface area contributed by atoms with E-state index in [1.54, 1.807) is 19.2 Å². The predicted octanol–water partition coefficient (Wildman–Crippen LogP) is 1.19. The largest absolute Gasteiger partial charge is 0.430 e. The Bertz CT molecular complexity index is 233. The predicted molar refractivity (Wildman–Crippen MR) is 33.0 cm³/mol. The summed E-state index contributed by atoms with van der Waals surface area (Å²) in [5, 5.41) is 11.0. The van der Waals surface area contributed by atoms with Gasteiger partial charge in [0, 0.05) is 13.1 Å². The highest BCUT2D eigenvalue weighted by atomic mass is 16.4. The van der Waals surface area contributed by atoms with Crippen LogP contribution in [0.5, 0.6) is 0 Å². The van der Waals surface area contributed by atoms with Crippen LogP contribution in [-0.4, -0.2) is 7.05 Å². The molecule has 1 aromatic heterocycles. The van der Waals surface area contributed by atoms with Crippen molar-refractivity contribution < 1.29 is 4.42 Å². The molecule has 0 amide bonds. The molecule has 0 fully saturated rings. The maximum absolute atomic E-state index is 8.27. The Morgan fingerprint density at radius 2 is 2.44 bits per heavy atom. The van der Waals surface area contributed by atoms with Gasteiger partial charge in [0.25, 0.3) is 0 Å². The van der Waals surface area contributed by atoms with Gasteiger partial charge in [-0.2, -0.15) is 5.26 Å². The molecular formula is C6H6N2O. The van der Waals surface area contributed by atoms with Gasteiger partial charge in [-0.15, -0.1) is 0 Å². The monoisotopic (exact) mass is 122 g/mol. The molecule has 0 radical (unpaired) electrons. The van der Waals surface area contributed by atoms with Crippen LogP contribution in [0, 0.1) is 11.3 Å². The van der Waals surface area contributed by atoms with Gasteiger partial charge in [-0.25, -0.2) is 0 Å². The molecule has 1 heterocycles. The zero-order valence-corrected chi connectivity index (χ0v) is 5.01. The number of anilines is 1. The first-order valence-corrected chi connectivity index (χ1v) is 2.54. The van der Waals surface area contributed by atoms with Gasteiger partial charge in [0.2, 0.25) is 5.76 Å². The second kappa shape index (κ2) is 2.23. The van der Waals surface area contributed by atoms with E-state index >= 15 is 0 Å². The highest BCUT2D eigenvalue weighted by Gasteiger charge is 1.94. The van der Waals surface area contributed by atoms with Crippen LogP contribution in [0.25, 0.3) is 0 Å². The minimum Gasteiger partial charge on any atom is -0.430 e. The summed E-state index contributed by atoms with van der Waals surface area (Å²) in [6, 6.07) is 5.20. The molecule has 0 aromatic carbocycles. The van der Waals surface area contributed by atoms with Gasteiger partial charge >= 0.3 is 0 Å². The van der Waals surface area contributed by atoms with Gasteiger partial charge in [0.15, 0.2) is 5.88 Å². The van der Waals surface area contributed by atoms with Gasteiger partial charge in [0.05, 0.1) is 0 Å². The van der Waals surface area contributed by atoms with Crippen LogP contribution in [-0.2, 0) is 0 Å². The van der Waals surface area contributed by atoms with E-state index in [9.17, 15) is 0 Å². The van der Waals surface area contributed by atoms with Gasteiger partial charge in [0.1, 0.15) is 6.07 Å². The lowest BCUT2D eigenvalue weighted by Crippen LogP contribution is -1.81. The van der Waals surface area contributed by atoms with Crippen LogP contribution in [0.1, 0.15) is 5.76 Å². The summed E-state index contributed by atoms with van der Waals surface area (Å²) in [5.74, 6) is 0.950. The van der Waals surface area contributed by atoms with Crippen molar-refractivity contribution in [3.05, 3.63) is 17.9 Å². The molecule has 0 saturated carbocycles. The van der Waals surface area contributed by atoms with Crippen molar-refractivity contribution in [2.24, 2.45) is 0 Å². The molecule has 0 spiro atoms. The summed E-state index contributed by atoms with van der Waals surface area (Å²) < 4.78 is 4.91. The third kappa shape index (κ3) is 1.03. The molecule has 0 bridgehead atoms. The number of hydrogen-bond acceptors (Lipinski definition) is 3. The average molecular weight is 122 g/mol. The average Bonchev–Trinajstić information content (AvgIpc) is 2.34. The van der Waals surface area contributed by atoms with E-state index in [-0.39, 0.29) is 0 Å². The number of nitrogens with zero attached hydrogens (tertiary/aromatic N) is 1. The van der Waals surface area contributed by atoms with Crippen LogP contribution < -0.4 is 5.32 Å². The molecular weight excluding hydrogens is 116 g/mol. The molecule has 3 heteroatoms. The molecule has 1 aromatic rings. The molecule has 0 unspecified atom stereocenters. The topological polar surface area (TPSA) is 49.0 Å². The summed E-state index contributed by atoms with van der Waals surface area (Å²) in [5.41, 5.74) is 0. The van der Waals surface area contributed by atoms with E-state index in [0.717, 1.165) is 0 Å². The number of nitriles is 1. The van der Waals surface area contributed by atoms with E-state index in [2.05, 4.69) is 5.32 Å².